The predicted molar refractivity (Wildman–Crippen MR) is 66.1 cm³/mol. The Morgan fingerprint density at radius 3 is 2.80 bits per heavy atom. The highest BCUT2D eigenvalue weighted by Crippen LogP contribution is 2.33. The topological polar surface area (TPSA) is 33.1 Å². The van der Waals surface area contributed by atoms with E-state index in [1.807, 2.05) is 12.1 Å². The summed E-state index contributed by atoms with van der Waals surface area (Å²) in [7, 11) is 0. The van der Waals surface area contributed by atoms with Gasteiger partial charge in [0.1, 0.15) is 0 Å². The van der Waals surface area contributed by atoms with Crippen LogP contribution in [0.1, 0.15) is 25.7 Å². The molecule has 1 aromatic heterocycles. The minimum Gasteiger partial charge on any atom is -0.392 e. The molecule has 15 heavy (non-hydrogen) atoms. The molecule has 1 aliphatic rings. The molecule has 2 unspecified atom stereocenters. The lowest BCUT2D eigenvalue weighted by molar-refractivity contribution is 0.137. The zero-order valence-corrected chi connectivity index (χ0v) is 10.8. The summed E-state index contributed by atoms with van der Waals surface area (Å²) in [4.78, 5) is 4.31. The van der Waals surface area contributed by atoms with Crippen LogP contribution in [0.5, 0.6) is 0 Å². The fourth-order valence-corrected chi connectivity index (χ4v) is 3.18. The van der Waals surface area contributed by atoms with E-state index in [9.17, 15) is 5.11 Å². The normalized spacial score (nSPS) is 26.5. The number of pyridine rings is 1. The van der Waals surface area contributed by atoms with Crippen molar-refractivity contribution in [3.63, 3.8) is 0 Å². The van der Waals surface area contributed by atoms with E-state index in [2.05, 4.69) is 20.9 Å². The number of halogens is 1. The summed E-state index contributed by atoms with van der Waals surface area (Å²) < 4.78 is 0.996. The number of aliphatic hydroxyl groups is 1. The van der Waals surface area contributed by atoms with Crippen LogP contribution in [0, 0.1) is 0 Å². The second-order valence-electron chi connectivity index (χ2n) is 3.82. The highest BCUT2D eigenvalue weighted by Gasteiger charge is 2.24. The fourth-order valence-electron chi connectivity index (χ4n) is 1.80. The molecule has 4 heteroatoms. The van der Waals surface area contributed by atoms with Gasteiger partial charge in [0.25, 0.3) is 0 Å². The van der Waals surface area contributed by atoms with Gasteiger partial charge in [-0.1, -0.05) is 12.8 Å². The van der Waals surface area contributed by atoms with Crippen LogP contribution < -0.4 is 0 Å². The minimum absolute atomic E-state index is 0.158. The van der Waals surface area contributed by atoms with E-state index in [-0.39, 0.29) is 6.10 Å². The van der Waals surface area contributed by atoms with Crippen LogP contribution in [0.25, 0.3) is 0 Å². The lowest BCUT2D eigenvalue weighted by atomic mass is 9.97. The number of aliphatic hydroxyl groups excluding tert-OH is 1. The monoisotopic (exact) mass is 287 g/mol. The molecule has 0 aliphatic heterocycles. The summed E-state index contributed by atoms with van der Waals surface area (Å²) in [6, 6.07) is 3.99. The number of hydrogen-bond acceptors (Lipinski definition) is 3. The zero-order chi connectivity index (χ0) is 10.7. The Morgan fingerprint density at radius 2 is 2.13 bits per heavy atom. The van der Waals surface area contributed by atoms with Gasteiger partial charge in [-0.05, 0) is 40.9 Å². The lowest BCUT2D eigenvalue weighted by Gasteiger charge is -2.26. The molecule has 0 aromatic carbocycles. The van der Waals surface area contributed by atoms with Crippen molar-refractivity contribution in [1.29, 1.82) is 0 Å². The van der Waals surface area contributed by atoms with E-state index in [0.717, 1.165) is 28.8 Å². The average Bonchev–Trinajstić information content (AvgIpc) is 2.25. The van der Waals surface area contributed by atoms with Crippen molar-refractivity contribution < 1.29 is 5.11 Å². The second-order valence-corrected chi connectivity index (χ2v) is 6.00. The number of aromatic nitrogens is 1. The van der Waals surface area contributed by atoms with Crippen molar-refractivity contribution in [3.05, 3.63) is 22.8 Å². The maximum Gasteiger partial charge on any atom is 0.0964 e. The first kappa shape index (κ1) is 11.4. The number of rotatable bonds is 2. The van der Waals surface area contributed by atoms with Crippen molar-refractivity contribution in [2.75, 3.05) is 0 Å². The summed E-state index contributed by atoms with van der Waals surface area (Å²) in [5, 5.41) is 11.2. The van der Waals surface area contributed by atoms with Crippen LogP contribution in [0.4, 0.5) is 0 Å². The van der Waals surface area contributed by atoms with E-state index < -0.39 is 0 Å². The van der Waals surface area contributed by atoms with Gasteiger partial charge in [-0.25, -0.2) is 4.98 Å². The Balaban J connectivity index is 1.98. The van der Waals surface area contributed by atoms with Gasteiger partial charge < -0.3 is 5.11 Å². The molecular formula is C11H14BrNOS. The van der Waals surface area contributed by atoms with E-state index >= 15 is 0 Å². The summed E-state index contributed by atoms with van der Waals surface area (Å²) in [5.74, 6) is 0. The van der Waals surface area contributed by atoms with Gasteiger partial charge in [0.05, 0.1) is 11.1 Å². The van der Waals surface area contributed by atoms with Gasteiger partial charge in [-0.2, -0.15) is 0 Å². The molecule has 1 aliphatic carbocycles. The van der Waals surface area contributed by atoms with Crippen molar-refractivity contribution in [3.8, 4) is 0 Å². The molecule has 0 bridgehead atoms. The third kappa shape index (κ3) is 3.20. The molecule has 1 aromatic rings. The third-order valence-corrected chi connectivity index (χ3v) is 4.44. The van der Waals surface area contributed by atoms with Crippen molar-refractivity contribution in [2.45, 2.75) is 42.1 Å². The van der Waals surface area contributed by atoms with Crippen LogP contribution >= 0.6 is 27.7 Å². The fraction of sp³-hybridized carbons (Fsp3) is 0.545. The summed E-state index contributed by atoms with van der Waals surface area (Å²) in [6.45, 7) is 0. The molecular weight excluding hydrogens is 274 g/mol. The Kier molecular flexibility index (Phi) is 4.05. The van der Waals surface area contributed by atoms with Gasteiger partial charge in [0, 0.05) is 15.9 Å². The molecule has 0 amide bonds. The number of nitrogens with zero attached hydrogens (tertiary/aromatic N) is 1. The molecule has 82 valence electrons. The van der Waals surface area contributed by atoms with Crippen LogP contribution in [0.15, 0.2) is 27.8 Å². The maximum atomic E-state index is 9.83. The SMILES string of the molecule is OC1CCCCC1Sc1ccc(Br)cn1. The van der Waals surface area contributed by atoms with Crippen LogP contribution in [0.2, 0.25) is 0 Å². The van der Waals surface area contributed by atoms with E-state index in [0.29, 0.717) is 5.25 Å². The lowest BCUT2D eigenvalue weighted by Crippen LogP contribution is -2.26. The van der Waals surface area contributed by atoms with Gasteiger partial charge in [0.15, 0.2) is 0 Å². The minimum atomic E-state index is -0.158. The van der Waals surface area contributed by atoms with Gasteiger partial charge >= 0.3 is 0 Å². The predicted octanol–water partition coefficient (Wildman–Crippen LogP) is 3.24. The first-order valence-electron chi connectivity index (χ1n) is 5.22. The molecule has 0 saturated heterocycles. The zero-order valence-electron chi connectivity index (χ0n) is 8.40. The highest BCUT2D eigenvalue weighted by atomic mass is 79.9. The third-order valence-electron chi connectivity index (χ3n) is 2.64. The van der Waals surface area contributed by atoms with Gasteiger partial charge in [-0.3, -0.25) is 0 Å². The molecule has 1 fully saturated rings. The maximum absolute atomic E-state index is 9.83. The van der Waals surface area contributed by atoms with Crippen molar-refractivity contribution in [1.82, 2.24) is 4.98 Å². The number of hydrogen-bond donors (Lipinski definition) is 1. The Bertz CT molecular complexity index is 317. The Labute approximate surface area is 103 Å². The molecule has 1 heterocycles. The number of thioether (sulfide) groups is 1. The average molecular weight is 288 g/mol. The molecule has 0 spiro atoms. The summed E-state index contributed by atoms with van der Waals surface area (Å²) in [6.07, 6.45) is 6.07. The van der Waals surface area contributed by atoms with E-state index in [1.54, 1.807) is 18.0 Å². The summed E-state index contributed by atoms with van der Waals surface area (Å²) >= 11 is 5.06. The Hall–Kier alpha value is -0.0600. The molecule has 2 atom stereocenters. The summed E-state index contributed by atoms with van der Waals surface area (Å²) in [5.41, 5.74) is 0. The standard InChI is InChI=1S/C11H14BrNOS/c12-8-5-6-11(13-7-8)15-10-4-2-1-3-9(10)14/h5-7,9-10,14H,1-4H2. The molecule has 1 N–H and O–H groups in total. The highest BCUT2D eigenvalue weighted by molar-refractivity contribution is 9.10. The van der Waals surface area contributed by atoms with Gasteiger partial charge in [-0.15, -0.1) is 11.8 Å². The van der Waals surface area contributed by atoms with E-state index in [1.165, 1.54) is 6.42 Å². The molecule has 2 rings (SSSR count). The molecule has 2 nitrogen and oxygen atoms in total. The first-order valence-corrected chi connectivity index (χ1v) is 6.89. The first-order chi connectivity index (χ1) is 7.25. The Morgan fingerprint density at radius 1 is 1.33 bits per heavy atom. The van der Waals surface area contributed by atoms with Crippen molar-refractivity contribution in [2.24, 2.45) is 0 Å². The largest absolute Gasteiger partial charge is 0.392 e. The van der Waals surface area contributed by atoms with Crippen molar-refractivity contribution >= 4 is 27.7 Å². The second kappa shape index (κ2) is 5.32. The van der Waals surface area contributed by atoms with Crippen LogP contribution in [0.3, 0.4) is 0 Å². The smallest absolute Gasteiger partial charge is 0.0964 e. The molecule has 0 radical (unpaired) electrons. The molecule has 1 saturated carbocycles. The van der Waals surface area contributed by atoms with Gasteiger partial charge in [0.2, 0.25) is 0 Å². The van der Waals surface area contributed by atoms with Crippen LogP contribution in [-0.4, -0.2) is 21.4 Å². The van der Waals surface area contributed by atoms with E-state index in [4.69, 9.17) is 0 Å². The van der Waals surface area contributed by atoms with Crippen LogP contribution in [-0.2, 0) is 0 Å². The quantitative estimate of drug-likeness (QED) is 0.907.